The lowest BCUT2D eigenvalue weighted by atomic mass is 10.0. The van der Waals surface area contributed by atoms with Gasteiger partial charge in [-0.3, -0.25) is 9.59 Å². The maximum Gasteiger partial charge on any atom is 0.251 e. The Balaban J connectivity index is 2.14. The zero-order valence-corrected chi connectivity index (χ0v) is 10.9. The average Bonchev–Trinajstić information content (AvgIpc) is 2.55. The van der Waals surface area contributed by atoms with Crippen LogP contribution >= 0.6 is 0 Å². The third-order valence-corrected chi connectivity index (χ3v) is 3.05. The van der Waals surface area contributed by atoms with Gasteiger partial charge in [0.25, 0.3) is 5.91 Å². The molecule has 2 rings (SSSR count). The number of aryl methyl sites for hydroxylation is 1. The Bertz CT molecular complexity index is 497. The van der Waals surface area contributed by atoms with E-state index in [1.807, 2.05) is 0 Å². The first-order valence-corrected chi connectivity index (χ1v) is 6.45. The molecule has 5 heteroatoms. The molecule has 19 heavy (non-hydrogen) atoms. The Morgan fingerprint density at radius 3 is 3.00 bits per heavy atom. The van der Waals surface area contributed by atoms with Crippen molar-refractivity contribution in [3.8, 4) is 0 Å². The smallest absolute Gasteiger partial charge is 0.251 e. The first kappa shape index (κ1) is 13.5. The van der Waals surface area contributed by atoms with Crippen LogP contribution in [0.5, 0.6) is 0 Å². The molecule has 5 nitrogen and oxygen atoms in total. The predicted octanol–water partition coefficient (Wildman–Crippen LogP) is 1.07. The third-order valence-electron chi connectivity index (χ3n) is 3.05. The van der Waals surface area contributed by atoms with E-state index < -0.39 is 6.10 Å². The summed E-state index contributed by atoms with van der Waals surface area (Å²) in [5, 5.41) is 14.6. The number of benzene rings is 1. The summed E-state index contributed by atoms with van der Waals surface area (Å²) in [6.45, 7) is 1.85. The highest BCUT2D eigenvalue weighted by Gasteiger charge is 2.15. The number of hydrogen-bond donors (Lipinski definition) is 3. The van der Waals surface area contributed by atoms with Gasteiger partial charge >= 0.3 is 0 Å². The number of carbonyl (C=O) groups is 2. The van der Waals surface area contributed by atoms with Crippen LogP contribution in [0, 0.1) is 0 Å². The van der Waals surface area contributed by atoms with E-state index in [1.165, 1.54) is 0 Å². The van der Waals surface area contributed by atoms with Crippen molar-refractivity contribution in [3.63, 3.8) is 0 Å². The Hall–Kier alpha value is -1.88. The van der Waals surface area contributed by atoms with Crippen LogP contribution in [0.4, 0.5) is 5.69 Å². The monoisotopic (exact) mass is 262 g/mol. The summed E-state index contributed by atoms with van der Waals surface area (Å²) < 4.78 is 0. The molecule has 1 unspecified atom stereocenters. The van der Waals surface area contributed by atoms with Gasteiger partial charge in [0.2, 0.25) is 5.91 Å². The summed E-state index contributed by atoms with van der Waals surface area (Å²) in [5.74, 6) is -0.190. The fraction of sp³-hybridized carbons (Fsp3) is 0.429. The van der Waals surface area contributed by atoms with Crippen LogP contribution in [-0.4, -0.2) is 29.6 Å². The molecule has 102 valence electrons. The summed E-state index contributed by atoms with van der Waals surface area (Å²) in [4.78, 5) is 23.3. The largest absolute Gasteiger partial charge is 0.392 e. The van der Waals surface area contributed by atoms with Crippen LogP contribution in [0.2, 0.25) is 0 Å². The van der Waals surface area contributed by atoms with Crippen molar-refractivity contribution in [2.24, 2.45) is 0 Å². The molecule has 1 heterocycles. The first-order valence-electron chi connectivity index (χ1n) is 6.45. The second-order valence-electron chi connectivity index (χ2n) is 4.83. The molecule has 1 aromatic carbocycles. The maximum atomic E-state index is 11.9. The minimum absolute atomic E-state index is 0.0186. The normalized spacial score (nSPS) is 16.0. The van der Waals surface area contributed by atoms with Crippen LogP contribution in [-0.2, 0) is 11.2 Å². The number of aliphatic hydroxyl groups excluding tert-OH is 1. The molecule has 0 fully saturated rings. The molecule has 1 aliphatic rings. The van der Waals surface area contributed by atoms with E-state index in [9.17, 15) is 9.59 Å². The van der Waals surface area contributed by atoms with Gasteiger partial charge in [-0.15, -0.1) is 0 Å². The summed E-state index contributed by atoms with van der Waals surface area (Å²) >= 11 is 0. The highest BCUT2D eigenvalue weighted by Crippen LogP contribution is 2.23. The fourth-order valence-electron chi connectivity index (χ4n) is 2.06. The van der Waals surface area contributed by atoms with Gasteiger partial charge in [0, 0.05) is 24.2 Å². The molecule has 0 radical (unpaired) electrons. The highest BCUT2D eigenvalue weighted by molar-refractivity contribution is 5.97. The van der Waals surface area contributed by atoms with Crippen molar-refractivity contribution in [1.82, 2.24) is 5.32 Å². The Morgan fingerprint density at radius 1 is 1.47 bits per heavy atom. The molecule has 0 spiro atoms. The summed E-state index contributed by atoms with van der Waals surface area (Å²) in [7, 11) is 0. The SMILES string of the molecule is CC(O)CNC(=O)c1ccc2c(c1)CCCC(=O)N2. The van der Waals surface area contributed by atoms with Crippen molar-refractivity contribution in [3.05, 3.63) is 29.3 Å². The molecule has 3 N–H and O–H groups in total. The lowest BCUT2D eigenvalue weighted by Gasteiger charge is -2.10. The number of anilines is 1. The second kappa shape index (κ2) is 5.84. The molecule has 0 aliphatic carbocycles. The van der Waals surface area contributed by atoms with Gasteiger partial charge in [-0.2, -0.15) is 0 Å². The van der Waals surface area contributed by atoms with Crippen molar-refractivity contribution >= 4 is 17.5 Å². The zero-order chi connectivity index (χ0) is 13.8. The van der Waals surface area contributed by atoms with E-state index in [2.05, 4.69) is 10.6 Å². The van der Waals surface area contributed by atoms with Crippen LogP contribution in [0.15, 0.2) is 18.2 Å². The molecule has 0 saturated carbocycles. The number of carbonyl (C=O) groups excluding carboxylic acids is 2. The number of aliphatic hydroxyl groups is 1. The molecular weight excluding hydrogens is 244 g/mol. The fourth-order valence-corrected chi connectivity index (χ4v) is 2.06. The zero-order valence-electron chi connectivity index (χ0n) is 10.9. The molecule has 0 aromatic heterocycles. The minimum atomic E-state index is -0.566. The molecule has 2 amide bonds. The van der Waals surface area contributed by atoms with Gasteiger partial charge in [0.1, 0.15) is 0 Å². The van der Waals surface area contributed by atoms with Crippen molar-refractivity contribution in [2.45, 2.75) is 32.3 Å². The predicted molar refractivity (Wildman–Crippen MR) is 72.0 cm³/mol. The van der Waals surface area contributed by atoms with Crippen LogP contribution in [0.25, 0.3) is 0 Å². The van der Waals surface area contributed by atoms with Gasteiger partial charge in [0.15, 0.2) is 0 Å². The lowest BCUT2D eigenvalue weighted by Crippen LogP contribution is -2.30. The Kier molecular flexibility index (Phi) is 4.16. The summed E-state index contributed by atoms with van der Waals surface area (Å²) in [6.07, 6.45) is 1.52. The number of fused-ring (bicyclic) bond motifs is 1. The van der Waals surface area contributed by atoms with E-state index in [0.29, 0.717) is 12.0 Å². The number of amides is 2. The van der Waals surface area contributed by atoms with E-state index in [0.717, 1.165) is 24.1 Å². The minimum Gasteiger partial charge on any atom is -0.392 e. The van der Waals surface area contributed by atoms with Crippen LogP contribution < -0.4 is 10.6 Å². The van der Waals surface area contributed by atoms with E-state index >= 15 is 0 Å². The van der Waals surface area contributed by atoms with E-state index in [1.54, 1.807) is 25.1 Å². The van der Waals surface area contributed by atoms with Crippen LogP contribution in [0.1, 0.15) is 35.7 Å². The third kappa shape index (κ3) is 3.54. The standard InChI is InChI=1S/C14H18N2O3/c1-9(17)8-15-14(19)11-5-6-12-10(7-11)3-2-4-13(18)16-12/h5-7,9,17H,2-4,8H2,1H3,(H,15,19)(H,16,18). The molecular formula is C14H18N2O3. The van der Waals surface area contributed by atoms with Gasteiger partial charge < -0.3 is 15.7 Å². The summed E-state index contributed by atoms with van der Waals surface area (Å²) in [5.41, 5.74) is 2.32. The van der Waals surface area contributed by atoms with Crippen molar-refractivity contribution < 1.29 is 14.7 Å². The van der Waals surface area contributed by atoms with E-state index in [4.69, 9.17) is 5.11 Å². The maximum absolute atomic E-state index is 11.9. The van der Waals surface area contributed by atoms with Gasteiger partial charge in [-0.1, -0.05) is 0 Å². The lowest BCUT2D eigenvalue weighted by molar-refractivity contribution is -0.116. The Morgan fingerprint density at radius 2 is 2.26 bits per heavy atom. The van der Waals surface area contributed by atoms with Crippen molar-refractivity contribution in [2.75, 3.05) is 11.9 Å². The first-order chi connectivity index (χ1) is 9.06. The van der Waals surface area contributed by atoms with Crippen LogP contribution in [0.3, 0.4) is 0 Å². The van der Waals surface area contributed by atoms with E-state index in [-0.39, 0.29) is 18.4 Å². The number of rotatable bonds is 3. The topological polar surface area (TPSA) is 78.4 Å². The molecule has 0 saturated heterocycles. The number of nitrogens with one attached hydrogen (secondary N) is 2. The molecule has 1 aromatic rings. The quantitative estimate of drug-likeness (QED) is 0.762. The second-order valence-corrected chi connectivity index (χ2v) is 4.83. The average molecular weight is 262 g/mol. The summed E-state index contributed by atoms with van der Waals surface area (Å²) in [6, 6.07) is 5.25. The van der Waals surface area contributed by atoms with Crippen molar-refractivity contribution in [1.29, 1.82) is 0 Å². The highest BCUT2D eigenvalue weighted by atomic mass is 16.3. The Labute approximate surface area is 112 Å². The molecule has 1 aliphatic heterocycles. The van der Waals surface area contributed by atoms with Gasteiger partial charge in [-0.05, 0) is 43.5 Å². The van der Waals surface area contributed by atoms with Gasteiger partial charge in [0.05, 0.1) is 6.10 Å². The molecule has 1 atom stereocenters. The number of hydrogen-bond acceptors (Lipinski definition) is 3. The van der Waals surface area contributed by atoms with Gasteiger partial charge in [-0.25, -0.2) is 0 Å². The molecule has 0 bridgehead atoms.